The molecule has 4 rings (SSSR count). The summed E-state index contributed by atoms with van der Waals surface area (Å²) >= 11 is 0. The van der Waals surface area contributed by atoms with Crippen LogP contribution in [-0.2, 0) is 16.1 Å². The Labute approximate surface area is 193 Å². The second-order valence-corrected chi connectivity index (χ2v) is 8.80. The number of rotatable bonds is 8. The molecule has 0 spiro atoms. The largest absolute Gasteiger partial charge is 0.480 e. The summed E-state index contributed by atoms with van der Waals surface area (Å²) in [6.07, 6.45) is 3.82. The van der Waals surface area contributed by atoms with Crippen molar-refractivity contribution in [2.24, 2.45) is 11.8 Å². The smallest absolute Gasteiger partial charge is 0.364 e. The molecule has 1 heterocycles. The van der Waals surface area contributed by atoms with E-state index in [-0.39, 0.29) is 12.3 Å². The molecule has 1 aliphatic carbocycles. The van der Waals surface area contributed by atoms with Gasteiger partial charge in [0.1, 0.15) is 18.0 Å². The van der Waals surface area contributed by atoms with Crippen molar-refractivity contribution in [2.75, 3.05) is 13.2 Å². The number of aliphatic carboxylic acids is 1. The zero-order valence-electron chi connectivity index (χ0n) is 18.8. The van der Waals surface area contributed by atoms with Gasteiger partial charge in [-0.05, 0) is 44.4 Å². The molecule has 0 bridgehead atoms. The average molecular weight is 448 g/mol. The van der Waals surface area contributed by atoms with Crippen molar-refractivity contribution in [3.8, 4) is 22.5 Å². The Balaban J connectivity index is 1.54. The Hall–Kier alpha value is -3.32. The van der Waals surface area contributed by atoms with E-state index in [1.165, 1.54) is 4.68 Å². The summed E-state index contributed by atoms with van der Waals surface area (Å²) < 4.78 is 6.77. The van der Waals surface area contributed by atoms with Gasteiger partial charge in [0.15, 0.2) is 0 Å². The molecular formula is C26H29N3O4. The summed E-state index contributed by atoms with van der Waals surface area (Å²) in [5, 5.41) is 13.5. The maximum atomic E-state index is 12.9. The number of aryl methyl sites for hydroxylation is 1. The Morgan fingerprint density at radius 1 is 0.970 bits per heavy atom. The number of carbonyl (C=O) groups is 1. The minimum atomic E-state index is -0.940. The number of nitrogens with zero attached hydrogens (tertiary/aromatic N) is 3. The fourth-order valence-electron chi connectivity index (χ4n) is 4.38. The first-order valence-electron chi connectivity index (χ1n) is 11.4. The highest BCUT2D eigenvalue weighted by Gasteiger charge is 2.23. The van der Waals surface area contributed by atoms with Crippen LogP contribution in [0.5, 0.6) is 0 Å². The summed E-state index contributed by atoms with van der Waals surface area (Å²) in [4.78, 5) is 28.0. The first-order valence-corrected chi connectivity index (χ1v) is 11.4. The van der Waals surface area contributed by atoms with E-state index >= 15 is 0 Å². The fraction of sp³-hybridized carbons (Fsp3) is 0.385. The molecule has 0 unspecified atom stereocenters. The third-order valence-corrected chi connectivity index (χ3v) is 6.22. The zero-order valence-corrected chi connectivity index (χ0v) is 18.8. The minimum Gasteiger partial charge on any atom is -0.480 e. The summed E-state index contributed by atoms with van der Waals surface area (Å²) in [5.74, 6) is -0.238. The van der Waals surface area contributed by atoms with Gasteiger partial charge in [-0.2, -0.15) is 10.1 Å². The number of hydrogen-bond acceptors (Lipinski definition) is 5. The van der Waals surface area contributed by atoms with Gasteiger partial charge in [-0.3, -0.25) is 0 Å². The monoisotopic (exact) mass is 447 g/mol. The molecule has 172 valence electrons. The van der Waals surface area contributed by atoms with Crippen LogP contribution in [-0.4, -0.2) is 39.1 Å². The van der Waals surface area contributed by atoms with Crippen LogP contribution >= 0.6 is 0 Å². The summed E-state index contributed by atoms with van der Waals surface area (Å²) in [6.45, 7) is 2.79. The molecule has 7 heteroatoms. The van der Waals surface area contributed by atoms with E-state index in [0.29, 0.717) is 36.4 Å². The standard InChI is InChI=1S/C26H29N3O4/c1-18-7-13-22(14-8-18)25-24(21-5-3-2-4-6-21)27-26(32)29(28-25)15-19-9-11-20(12-10-19)16-33-17-23(30)31/h2-8,13-14,19-20H,9-12,15-17H2,1H3,(H,30,31). The topological polar surface area (TPSA) is 94.3 Å². The van der Waals surface area contributed by atoms with Gasteiger partial charge in [-0.15, -0.1) is 0 Å². The molecule has 0 atom stereocenters. The second kappa shape index (κ2) is 10.5. The number of carboxylic acids is 1. The Morgan fingerprint density at radius 3 is 2.27 bits per heavy atom. The molecular weight excluding hydrogens is 418 g/mol. The summed E-state index contributed by atoms with van der Waals surface area (Å²) in [5.41, 5.74) is 3.92. The first-order chi connectivity index (χ1) is 16.0. The minimum absolute atomic E-state index is 0.250. The molecule has 1 fully saturated rings. The van der Waals surface area contributed by atoms with E-state index in [2.05, 4.69) is 4.98 Å². The molecule has 1 N–H and O–H groups in total. The fourth-order valence-corrected chi connectivity index (χ4v) is 4.38. The highest BCUT2D eigenvalue weighted by Crippen LogP contribution is 2.31. The van der Waals surface area contributed by atoms with Gasteiger partial charge in [0.2, 0.25) is 0 Å². The lowest BCUT2D eigenvalue weighted by Crippen LogP contribution is -2.31. The van der Waals surface area contributed by atoms with E-state index in [9.17, 15) is 9.59 Å². The molecule has 0 radical (unpaired) electrons. The van der Waals surface area contributed by atoms with Crippen LogP contribution < -0.4 is 5.69 Å². The van der Waals surface area contributed by atoms with Gasteiger partial charge in [0.05, 0.1) is 6.61 Å². The van der Waals surface area contributed by atoms with Crippen molar-refractivity contribution >= 4 is 5.97 Å². The summed E-state index contributed by atoms with van der Waals surface area (Å²) in [6, 6.07) is 17.8. The Bertz CT molecular complexity index is 1130. The lowest BCUT2D eigenvalue weighted by Gasteiger charge is -2.28. The number of aromatic nitrogens is 3. The number of ether oxygens (including phenoxy) is 1. The maximum Gasteiger partial charge on any atom is 0.364 e. The molecule has 0 amide bonds. The highest BCUT2D eigenvalue weighted by molar-refractivity contribution is 5.77. The van der Waals surface area contributed by atoms with Crippen molar-refractivity contribution in [1.29, 1.82) is 0 Å². The molecule has 1 aliphatic rings. The predicted molar refractivity (Wildman–Crippen MR) is 126 cm³/mol. The molecule has 1 saturated carbocycles. The van der Waals surface area contributed by atoms with Gasteiger partial charge < -0.3 is 9.84 Å². The van der Waals surface area contributed by atoms with Crippen LogP contribution in [0.3, 0.4) is 0 Å². The lowest BCUT2D eigenvalue weighted by atomic mass is 9.82. The van der Waals surface area contributed by atoms with Crippen LogP contribution in [0.1, 0.15) is 31.2 Å². The predicted octanol–water partition coefficient (Wildman–Crippen LogP) is 4.19. The molecule has 33 heavy (non-hydrogen) atoms. The van der Waals surface area contributed by atoms with Crippen LogP contribution in [0.15, 0.2) is 59.4 Å². The Morgan fingerprint density at radius 2 is 1.61 bits per heavy atom. The molecule has 7 nitrogen and oxygen atoms in total. The third-order valence-electron chi connectivity index (χ3n) is 6.22. The van der Waals surface area contributed by atoms with Crippen molar-refractivity contribution in [3.05, 3.63) is 70.6 Å². The highest BCUT2D eigenvalue weighted by atomic mass is 16.5. The zero-order chi connectivity index (χ0) is 23.2. The second-order valence-electron chi connectivity index (χ2n) is 8.80. The maximum absolute atomic E-state index is 12.9. The lowest BCUT2D eigenvalue weighted by molar-refractivity contribution is -0.142. The van der Waals surface area contributed by atoms with Gasteiger partial charge in [-0.25, -0.2) is 14.3 Å². The van der Waals surface area contributed by atoms with Crippen molar-refractivity contribution < 1.29 is 14.6 Å². The average Bonchev–Trinajstić information content (AvgIpc) is 2.82. The van der Waals surface area contributed by atoms with Gasteiger partial charge in [-0.1, -0.05) is 60.2 Å². The van der Waals surface area contributed by atoms with Crippen molar-refractivity contribution in [2.45, 2.75) is 39.2 Å². The van der Waals surface area contributed by atoms with E-state index in [1.54, 1.807) is 0 Å². The number of benzene rings is 2. The van der Waals surface area contributed by atoms with Crippen LogP contribution in [0, 0.1) is 18.8 Å². The molecule has 2 aromatic carbocycles. The Kier molecular flexibility index (Phi) is 7.29. The number of carboxylic acid groups (broad SMARTS) is 1. The third kappa shape index (κ3) is 5.93. The van der Waals surface area contributed by atoms with E-state index in [1.807, 2.05) is 61.5 Å². The van der Waals surface area contributed by atoms with Crippen LogP contribution in [0.2, 0.25) is 0 Å². The van der Waals surface area contributed by atoms with E-state index in [4.69, 9.17) is 14.9 Å². The quantitative estimate of drug-likeness (QED) is 0.556. The molecule has 3 aromatic rings. The van der Waals surface area contributed by atoms with Crippen molar-refractivity contribution in [1.82, 2.24) is 14.8 Å². The normalized spacial score (nSPS) is 18.2. The SMILES string of the molecule is Cc1ccc(-c2nn(CC3CCC(COCC(=O)O)CC3)c(=O)nc2-c2ccccc2)cc1. The summed E-state index contributed by atoms with van der Waals surface area (Å²) in [7, 11) is 0. The van der Waals surface area contributed by atoms with Gasteiger partial charge >= 0.3 is 11.7 Å². The van der Waals surface area contributed by atoms with E-state index < -0.39 is 5.97 Å². The number of hydrogen-bond donors (Lipinski definition) is 1. The van der Waals surface area contributed by atoms with E-state index in [0.717, 1.165) is 42.4 Å². The first kappa shape index (κ1) is 22.9. The van der Waals surface area contributed by atoms with Crippen LogP contribution in [0.4, 0.5) is 0 Å². The molecule has 0 aliphatic heterocycles. The van der Waals surface area contributed by atoms with Crippen LogP contribution in [0.25, 0.3) is 22.5 Å². The van der Waals surface area contributed by atoms with Gasteiger partial charge in [0.25, 0.3) is 0 Å². The van der Waals surface area contributed by atoms with Crippen molar-refractivity contribution in [3.63, 3.8) is 0 Å². The molecule has 0 saturated heterocycles. The van der Waals surface area contributed by atoms with Gasteiger partial charge in [0, 0.05) is 17.7 Å². The molecule has 1 aromatic heterocycles.